The maximum Gasteiger partial charge on any atom is 0.0603 e. The average molecular weight is 239 g/mol. The van der Waals surface area contributed by atoms with E-state index in [0.29, 0.717) is 17.0 Å². The van der Waals surface area contributed by atoms with Gasteiger partial charge in [-0.05, 0) is 37.0 Å². The Morgan fingerprint density at radius 3 is 2.81 bits per heavy atom. The first-order valence-electron chi connectivity index (χ1n) is 5.91. The topological polar surface area (TPSA) is 29.3 Å². The highest BCUT2D eigenvalue weighted by Crippen LogP contribution is 2.34. The van der Waals surface area contributed by atoms with E-state index in [0.717, 1.165) is 17.9 Å². The van der Waals surface area contributed by atoms with Crippen LogP contribution in [0.3, 0.4) is 0 Å². The third-order valence-electron chi connectivity index (χ3n) is 3.37. The minimum absolute atomic E-state index is 0.614. The van der Waals surface area contributed by atoms with E-state index < -0.39 is 0 Å². The van der Waals surface area contributed by atoms with E-state index in [-0.39, 0.29) is 0 Å². The van der Waals surface area contributed by atoms with Gasteiger partial charge in [0.2, 0.25) is 0 Å². The van der Waals surface area contributed by atoms with Crippen LogP contribution in [-0.4, -0.2) is 12.6 Å². The monoisotopic (exact) mass is 238 g/mol. The van der Waals surface area contributed by atoms with E-state index in [1.54, 1.807) is 0 Å². The van der Waals surface area contributed by atoms with E-state index in [1.807, 2.05) is 18.2 Å². The molecule has 1 atom stereocenters. The number of anilines is 2. The Labute approximate surface area is 102 Å². The van der Waals surface area contributed by atoms with E-state index in [9.17, 15) is 0 Å². The zero-order valence-electron chi connectivity index (χ0n) is 9.91. The molecular formula is C13H19ClN2. The molecule has 0 bridgehead atoms. The van der Waals surface area contributed by atoms with Gasteiger partial charge in [-0.15, -0.1) is 0 Å². The summed E-state index contributed by atoms with van der Waals surface area (Å²) >= 11 is 5.92. The molecule has 0 aliphatic carbocycles. The number of nitrogen functional groups attached to an aromatic ring is 1. The van der Waals surface area contributed by atoms with Crippen molar-refractivity contribution in [1.82, 2.24) is 0 Å². The third-order valence-corrected chi connectivity index (χ3v) is 3.60. The van der Waals surface area contributed by atoms with Crippen LogP contribution in [0.1, 0.15) is 26.7 Å². The number of nitrogens with zero attached hydrogens (tertiary/aromatic N) is 1. The summed E-state index contributed by atoms with van der Waals surface area (Å²) < 4.78 is 0. The standard InChI is InChI=1S/C13H19ClN2/c1-9(2)12-4-3-7-16(12)13-6-5-10(14)8-11(13)15/h5-6,8-9,12H,3-4,7,15H2,1-2H3. The van der Waals surface area contributed by atoms with Crippen molar-refractivity contribution in [2.24, 2.45) is 5.92 Å². The lowest BCUT2D eigenvalue weighted by atomic mass is 10.0. The van der Waals surface area contributed by atoms with E-state index in [4.69, 9.17) is 17.3 Å². The Hall–Kier alpha value is -0.890. The lowest BCUT2D eigenvalue weighted by Gasteiger charge is -2.30. The van der Waals surface area contributed by atoms with Crippen LogP contribution in [0.5, 0.6) is 0 Å². The Kier molecular flexibility index (Phi) is 3.29. The highest BCUT2D eigenvalue weighted by atomic mass is 35.5. The number of hydrogen-bond acceptors (Lipinski definition) is 2. The molecule has 1 aliphatic heterocycles. The lowest BCUT2D eigenvalue weighted by Crippen LogP contribution is -2.33. The Balaban J connectivity index is 2.29. The molecule has 0 aromatic heterocycles. The molecule has 0 radical (unpaired) electrons. The van der Waals surface area contributed by atoms with Gasteiger partial charge in [0.25, 0.3) is 0 Å². The van der Waals surface area contributed by atoms with Crippen molar-refractivity contribution >= 4 is 23.0 Å². The van der Waals surface area contributed by atoms with Crippen molar-refractivity contribution in [1.29, 1.82) is 0 Å². The molecule has 16 heavy (non-hydrogen) atoms. The normalized spacial score (nSPS) is 20.8. The van der Waals surface area contributed by atoms with Gasteiger partial charge < -0.3 is 10.6 Å². The molecule has 1 aromatic carbocycles. The molecule has 88 valence electrons. The van der Waals surface area contributed by atoms with Crippen LogP contribution >= 0.6 is 11.6 Å². The number of benzene rings is 1. The molecule has 1 saturated heterocycles. The number of rotatable bonds is 2. The summed E-state index contributed by atoms with van der Waals surface area (Å²) in [5.41, 5.74) is 7.97. The molecule has 3 heteroatoms. The molecule has 0 saturated carbocycles. The summed E-state index contributed by atoms with van der Waals surface area (Å²) in [7, 11) is 0. The van der Waals surface area contributed by atoms with Gasteiger partial charge in [0, 0.05) is 17.6 Å². The molecule has 2 N–H and O–H groups in total. The second-order valence-electron chi connectivity index (χ2n) is 4.85. The SMILES string of the molecule is CC(C)C1CCCN1c1ccc(Cl)cc1N. The Bertz CT molecular complexity index is 376. The minimum atomic E-state index is 0.614. The van der Waals surface area contributed by atoms with Crippen LogP contribution in [0.2, 0.25) is 5.02 Å². The Morgan fingerprint density at radius 1 is 1.44 bits per heavy atom. The first-order valence-corrected chi connectivity index (χ1v) is 6.29. The number of hydrogen-bond donors (Lipinski definition) is 1. The van der Waals surface area contributed by atoms with Crippen molar-refractivity contribution < 1.29 is 0 Å². The van der Waals surface area contributed by atoms with Crippen LogP contribution in [0.25, 0.3) is 0 Å². The summed E-state index contributed by atoms with van der Waals surface area (Å²) in [5, 5.41) is 0.710. The first-order chi connectivity index (χ1) is 7.59. The van der Waals surface area contributed by atoms with E-state index >= 15 is 0 Å². The number of nitrogens with two attached hydrogens (primary N) is 1. The smallest absolute Gasteiger partial charge is 0.0603 e. The molecule has 1 aromatic rings. The molecule has 0 amide bonds. The van der Waals surface area contributed by atoms with Gasteiger partial charge in [0.15, 0.2) is 0 Å². The van der Waals surface area contributed by atoms with Gasteiger partial charge in [-0.25, -0.2) is 0 Å². The van der Waals surface area contributed by atoms with Gasteiger partial charge >= 0.3 is 0 Å². The van der Waals surface area contributed by atoms with Crippen molar-refractivity contribution in [2.75, 3.05) is 17.2 Å². The van der Waals surface area contributed by atoms with Crippen LogP contribution in [-0.2, 0) is 0 Å². The summed E-state index contributed by atoms with van der Waals surface area (Å²) in [6, 6.07) is 6.41. The molecular weight excluding hydrogens is 220 g/mol. The van der Waals surface area contributed by atoms with E-state index in [1.165, 1.54) is 12.8 Å². The maximum absolute atomic E-state index is 6.04. The minimum Gasteiger partial charge on any atom is -0.397 e. The largest absolute Gasteiger partial charge is 0.397 e. The maximum atomic E-state index is 6.04. The van der Waals surface area contributed by atoms with Crippen molar-refractivity contribution in [2.45, 2.75) is 32.7 Å². The van der Waals surface area contributed by atoms with E-state index in [2.05, 4.69) is 18.7 Å². The summed E-state index contributed by atoms with van der Waals surface area (Å²) in [6.07, 6.45) is 2.52. The van der Waals surface area contributed by atoms with Gasteiger partial charge in [0.05, 0.1) is 11.4 Å². The molecule has 2 nitrogen and oxygen atoms in total. The first kappa shape index (κ1) is 11.6. The average Bonchev–Trinajstić information content (AvgIpc) is 2.66. The van der Waals surface area contributed by atoms with Gasteiger partial charge in [0.1, 0.15) is 0 Å². The van der Waals surface area contributed by atoms with Gasteiger partial charge in [-0.2, -0.15) is 0 Å². The van der Waals surface area contributed by atoms with Crippen LogP contribution in [0, 0.1) is 5.92 Å². The zero-order valence-corrected chi connectivity index (χ0v) is 10.7. The predicted octanol–water partition coefficient (Wildman–Crippen LogP) is 3.55. The van der Waals surface area contributed by atoms with Crippen molar-refractivity contribution in [3.8, 4) is 0 Å². The van der Waals surface area contributed by atoms with Crippen molar-refractivity contribution in [3.05, 3.63) is 23.2 Å². The van der Waals surface area contributed by atoms with Gasteiger partial charge in [-0.1, -0.05) is 25.4 Å². The molecule has 1 fully saturated rings. The fourth-order valence-electron chi connectivity index (χ4n) is 2.57. The van der Waals surface area contributed by atoms with Crippen LogP contribution < -0.4 is 10.6 Å². The second-order valence-corrected chi connectivity index (χ2v) is 5.29. The molecule has 1 heterocycles. The summed E-state index contributed by atoms with van der Waals surface area (Å²) in [6.45, 7) is 5.65. The highest BCUT2D eigenvalue weighted by Gasteiger charge is 2.28. The van der Waals surface area contributed by atoms with Gasteiger partial charge in [-0.3, -0.25) is 0 Å². The predicted molar refractivity (Wildman–Crippen MR) is 71.1 cm³/mol. The van der Waals surface area contributed by atoms with Crippen LogP contribution in [0.15, 0.2) is 18.2 Å². The third kappa shape index (κ3) is 2.12. The summed E-state index contributed by atoms with van der Waals surface area (Å²) in [5.74, 6) is 0.664. The molecule has 0 spiro atoms. The molecule has 2 rings (SSSR count). The summed E-state index contributed by atoms with van der Waals surface area (Å²) in [4.78, 5) is 2.43. The second kappa shape index (κ2) is 4.54. The Morgan fingerprint density at radius 2 is 2.19 bits per heavy atom. The quantitative estimate of drug-likeness (QED) is 0.799. The lowest BCUT2D eigenvalue weighted by molar-refractivity contribution is 0.492. The fourth-order valence-corrected chi connectivity index (χ4v) is 2.75. The zero-order chi connectivity index (χ0) is 11.7. The fraction of sp³-hybridized carbons (Fsp3) is 0.538. The van der Waals surface area contributed by atoms with Crippen molar-refractivity contribution in [3.63, 3.8) is 0 Å². The van der Waals surface area contributed by atoms with Crippen LogP contribution in [0.4, 0.5) is 11.4 Å². The number of halogens is 1. The highest BCUT2D eigenvalue weighted by molar-refractivity contribution is 6.31. The molecule has 1 unspecified atom stereocenters. The molecule has 1 aliphatic rings.